The van der Waals surface area contributed by atoms with Crippen LogP contribution >= 0.6 is 0 Å². The summed E-state index contributed by atoms with van der Waals surface area (Å²) in [5, 5.41) is 0. The van der Waals surface area contributed by atoms with Gasteiger partial charge in [-0.15, -0.1) is 0 Å². The van der Waals surface area contributed by atoms with Crippen LogP contribution in [0, 0.1) is 0 Å². The minimum Gasteiger partial charge on any atom is -2.00 e. The van der Waals surface area contributed by atoms with Gasteiger partial charge in [-0.25, -0.2) is 0 Å². The Kier molecular flexibility index (Phi) is 10.5. The number of hydrogen-bond acceptors (Lipinski definition) is 0. The fourth-order valence-electron chi connectivity index (χ4n) is 0. The molecular formula is C10H28N2O. The van der Waals surface area contributed by atoms with E-state index in [1.165, 1.54) is 13.1 Å². The minimum absolute atomic E-state index is 0. The topological polar surface area (TPSA) is 28.5 Å². The second kappa shape index (κ2) is 7.30. The van der Waals surface area contributed by atoms with Crippen molar-refractivity contribution in [2.45, 2.75) is 13.8 Å². The summed E-state index contributed by atoms with van der Waals surface area (Å²) >= 11 is 0. The molecule has 3 nitrogen and oxygen atoms in total. The molecule has 0 rings (SSSR count). The van der Waals surface area contributed by atoms with Gasteiger partial charge >= 0.3 is 0 Å². The molecule has 13 heavy (non-hydrogen) atoms. The molecule has 0 bridgehead atoms. The molecule has 0 aliphatic rings. The Labute approximate surface area is 84.4 Å². The first-order chi connectivity index (χ1) is 5.12. The summed E-state index contributed by atoms with van der Waals surface area (Å²) < 4.78 is 2.14. The molecule has 0 aliphatic heterocycles. The van der Waals surface area contributed by atoms with Crippen molar-refractivity contribution in [1.82, 2.24) is 0 Å². The highest BCUT2D eigenvalue weighted by Crippen LogP contribution is 1.84. The van der Waals surface area contributed by atoms with E-state index in [1.807, 2.05) is 0 Å². The summed E-state index contributed by atoms with van der Waals surface area (Å²) in [6.07, 6.45) is 0. The predicted molar refractivity (Wildman–Crippen MR) is 57.8 cm³/mol. The molecule has 0 spiro atoms. The van der Waals surface area contributed by atoms with Crippen molar-refractivity contribution in [2.24, 2.45) is 0 Å². The van der Waals surface area contributed by atoms with Gasteiger partial charge in [-0.1, -0.05) is 0 Å². The van der Waals surface area contributed by atoms with E-state index in [0.29, 0.717) is 0 Å². The molecule has 0 aliphatic carbocycles. The zero-order valence-corrected chi connectivity index (χ0v) is 10.7. The lowest BCUT2D eigenvalue weighted by Gasteiger charge is -2.20. The molecule has 0 saturated carbocycles. The van der Waals surface area contributed by atoms with E-state index in [-0.39, 0.29) is 5.48 Å². The summed E-state index contributed by atoms with van der Waals surface area (Å²) in [4.78, 5) is 0. The Morgan fingerprint density at radius 1 is 0.615 bits per heavy atom. The van der Waals surface area contributed by atoms with Gasteiger partial charge in [-0.05, 0) is 13.8 Å². The fraction of sp³-hybridized carbons (Fsp3) is 1.00. The lowest BCUT2D eigenvalue weighted by molar-refractivity contribution is -0.868. The van der Waals surface area contributed by atoms with Crippen LogP contribution in [0.25, 0.3) is 0 Å². The number of hydrogen-bond donors (Lipinski definition) is 0. The van der Waals surface area contributed by atoms with Crippen molar-refractivity contribution in [3.8, 4) is 0 Å². The number of quaternary nitrogens is 2. The molecule has 0 aromatic rings. The molecule has 0 atom stereocenters. The molecule has 0 N–H and O–H groups in total. The van der Waals surface area contributed by atoms with Crippen LogP contribution in [0.3, 0.4) is 0 Å². The third-order valence-electron chi connectivity index (χ3n) is 1.90. The molecule has 3 heteroatoms. The van der Waals surface area contributed by atoms with Gasteiger partial charge in [0, 0.05) is 0 Å². The summed E-state index contributed by atoms with van der Waals surface area (Å²) in [5.41, 5.74) is 0. The van der Waals surface area contributed by atoms with Gasteiger partial charge in [0.15, 0.2) is 0 Å². The third-order valence-corrected chi connectivity index (χ3v) is 1.90. The Morgan fingerprint density at radius 3 is 0.692 bits per heavy atom. The van der Waals surface area contributed by atoms with Gasteiger partial charge < -0.3 is 14.4 Å². The largest absolute Gasteiger partial charge is 2.00 e. The Bertz CT molecular complexity index is 86.5. The first kappa shape index (κ1) is 18.6. The van der Waals surface area contributed by atoms with Crippen LogP contribution in [0.15, 0.2) is 0 Å². The molecule has 0 aromatic carbocycles. The first-order valence-electron chi connectivity index (χ1n) is 4.73. The van der Waals surface area contributed by atoms with Crippen molar-refractivity contribution in [3.05, 3.63) is 0 Å². The molecule has 0 unspecified atom stereocenters. The molecule has 0 fully saturated rings. The molecular weight excluding hydrogens is 164 g/mol. The van der Waals surface area contributed by atoms with Crippen molar-refractivity contribution >= 4 is 0 Å². The second-order valence-electron chi connectivity index (χ2n) is 5.21. The van der Waals surface area contributed by atoms with E-state index in [9.17, 15) is 0 Å². The summed E-state index contributed by atoms with van der Waals surface area (Å²) in [7, 11) is 13.1. The SMILES string of the molecule is CC[N+](C)(C)C.CC[N+](C)(C)C.[O-2]. The highest BCUT2D eigenvalue weighted by Gasteiger charge is 1.98. The Balaban J connectivity index is -0.000000143. The monoisotopic (exact) mass is 192 g/mol. The molecule has 0 heterocycles. The van der Waals surface area contributed by atoms with Gasteiger partial charge in [0.2, 0.25) is 0 Å². The van der Waals surface area contributed by atoms with E-state index >= 15 is 0 Å². The smallest absolute Gasteiger partial charge is 0.0751 e. The molecule has 0 amide bonds. The van der Waals surface area contributed by atoms with Gasteiger partial charge in [0.25, 0.3) is 0 Å². The molecule has 84 valence electrons. The average molecular weight is 192 g/mol. The van der Waals surface area contributed by atoms with E-state index in [0.717, 1.165) is 8.97 Å². The van der Waals surface area contributed by atoms with Crippen molar-refractivity contribution in [2.75, 3.05) is 55.4 Å². The average Bonchev–Trinajstić information content (AvgIpc) is 1.86. The summed E-state index contributed by atoms with van der Waals surface area (Å²) in [6, 6.07) is 0. The van der Waals surface area contributed by atoms with Crippen molar-refractivity contribution in [1.29, 1.82) is 0 Å². The Hall–Kier alpha value is -0.120. The van der Waals surface area contributed by atoms with Crippen LogP contribution in [0.4, 0.5) is 0 Å². The van der Waals surface area contributed by atoms with Crippen LogP contribution in [0.5, 0.6) is 0 Å². The maximum atomic E-state index is 2.18. The summed E-state index contributed by atoms with van der Waals surface area (Å²) in [5.74, 6) is 0. The fourth-order valence-corrected chi connectivity index (χ4v) is 0. The van der Waals surface area contributed by atoms with Crippen LogP contribution in [0.2, 0.25) is 0 Å². The van der Waals surface area contributed by atoms with E-state index in [1.54, 1.807) is 0 Å². The quantitative estimate of drug-likeness (QED) is 0.590. The lowest BCUT2D eigenvalue weighted by Crippen LogP contribution is -2.33. The predicted octanol–water partition coefficient (Wildman–Crippen LogP) is 1.31. The second-order valence-corrected chi connectivity index (χ2v) is 5.21. The molecule has 0 aromatic heterocycles. The van der Waals surface area contributed by atoms with E-state index in [2.05, 4.69) is 56.1 Å². The van der Waals surface area contributed by atoms with Crippen LogP contribution in [0.1, 0.15) is 13.8 Å². The number of nitrogens with zero attached hydrogens (tertiary/aromatic N) is 2. The van der Waals surface area contributed by atoms with Crippen LogP contribution in [-0.4, -0.2) is 64.3 Å². The van der Waals surface area contributed by atoms with E-state index < -0.39 is 0 Å². The standard InChI is InChI=1S/2C5H14N.O/c2*1-5-6(2,3)4;/h2*5H2,1-4H3;/q2*+1;-2. The minimum atomic E-state index is 0. The van der Waals surface area contributed by atoms with Crippen molar-refractivity contribution < 1.29 is 14.4 Å². The molecule has 0 saturated heterocycles. The van der Waals surface area contributed by atoms with Gasteiger partial charge in [0.1, 0.15) is 0 Å². The number of rotatable bonds is 2. The normalized spacial score (nSPS) is 11.1. The van der Waals surface area contributed by atoms with Crippen molar-refractivity contribution in [3.63, 3.8) is 0 Å². The lowest BCUT2D eigenvalue weighted by atomic mass is 10.6. The van der Waals surface area contributed by atoms with Crippen LogP contribution < -0.4 is 0 Å². The van der Waals surface area contributed by atoms with Gasteiger partial charge in [-0.2, -0.15) is 0 Å². The van der Waals surface area contributed by atoms with Gasteiger partial charge in [0.05, 0.1) is 55.4 Å². The maximum absolute atomic E-state index is 2.18. The highest BCUT2D eigenvalue weighted by molar-refractivity contribution is 4.07. The zero-order valence-electron chi connectivity index (χ0n) is 10.7. The Morgan fingerprint density at radius 2 is 0.692 bits per heavy atom. The first-order valence-corrected chi connectivity index (χ1v) is 4.73. The van der Waals surface area contributed by atoms with Gasteiger partial charge in [-0.3, -0.25) is 0 Å². The highest BCUT2D eigenvalue weighted by atomic mass is 16.0. The molecule has 0 radical (unpaired) electrons. The zero-order chi connectivity index (χ0) is 10.4. The summed E-state index contributed by atoms with van der Waals surface area (Å²) in [6.45, 7) is 6.78. The van der Waals surface area contributed by atoms with Crippen LogP contribution in [-0.2, 0) is 5.48 Å². The third kappa shape index (κ3) is 33.5. The van der Waals surface area contributed by atoms with E-state index in [4.69, 9.17) is 0 Å². The maximum Gasteiger partial charge on any atom is 0.0751 e.